The highest BCUT2D eigenvalue weighted by molar-refractivity contribution is 7.15. The summed E-state index contributed by atoms with van der Waals surface area (Å²) in [5.74, 6) is 2.12. The number of fused-ring (bicyclic) bond motifs is 1. The molecule has 6 nitrogen and oxygen atoms in total. The minimum atomic E-state index is -0.179. The van der Waals surface area contributed by atoms with E-state index < -0.39 is 0 Å². The van der Waals surface area contributed by atoms with Crippen LogP contribution in [0.2, 0.25) is 0 Å². The van der Waals surface area contributed by atoms with E-state index in [1.165, 1.54) is 35.1 Å². The third kappa shape index (κ3) is 4.99. The summed E-state index contributed by atoms with van der Waals surface area (Å²) in [5.41, 5.74) is 1.54. The quantitative estimate of drug-likeness (QED) is 0.328. The number of hydrogen-bond donors (Lipinski definition) is 0. The van der Waals surface area contributed by atoms with Gasteiger partial charge in [-0.2, -0.15) is 9.50 Å². The molecule has 2 heterocycles. The first kappa shape index (κ1) is 22.0. The van der Waals surface area contributed by atoms with Crippen molar-refractivity contribution < 1.29 is 9.47 Å². The van der Waals surface area contributed by atoms with Gasteiger partial charge < -0.3 is 9.47 Å². The van der Waals surface area contributed by atoms with Crippen molar-refractivity contribution in [3.05, 3.63) is 69.0 Å². The number of aromatic nitrogens is 3. The molecule has 0 unspecified atom stereocenters. The van der Waals surface area contributed by atoms with Crippen LogP contribution in [0.1, 0.15) is 45.1 Å². The molecular weight excluding hydrogens is 422 g/mol. The second-order valence-electron chi connectivity index (χ2n) is 7.45. The van der Waals surface area contributed by atoms with E-state index in [0.29, 0.717) is 21.9 Å². The van der Waals surface area contributed by atoms with E-state index in [0.717, 1.165) is 35.7 Å². The van der Waals surface area contributed by atoms with E-state index in [9.17, 15) is 4.79 Å². The Morgan fingerprint density at radius 3 is 2.56 bits per heavy atom. The Morgan fingerprint density at radius 2 is 1.81 bits per heavy atom. The summed E-state index contributed by atoms with van der Waals surface area (Å²) in [6, 6.07) is 15.4. The van der Waals surface area contributed by atoms with E-state index >= 15 is 0 Å². The predicted molar refractivity (Wildman–Crippen MR) is 129 cm³/mol. The van der Waals surface area contributed by atoms with Crippen LogP contribution in [0.25, 0.3) is 22.4 Å². The minimum absolute atomic E-state index is 0.179. The zero-order valence-electron chi connectivity index (χ0n) is 18.4. The normalized spacial score (nSPS) is 11.9. The maximum atomic E-state index is 12.9. The zero-order valence-corrected chi connectivity index (χ0v) is 19.2. The monoisotopic (exact) mass is 449 g/mol. The van der Waals surface area contributed by atoms with Gasteiger partial charge in [0, 0.05) is 11.1 Å². The first-order valence-electron chi connectivity index (χ1n) is 11.1. The van der Waals surface area contributed by atoms with Gasteiger partial charge in [-0.3, -0.25) is 4.79 Å². The van der Waals surface area contributed by atoms with Crippen molar-refractivity contribution in [3.8, 4) is 22.9 Å². The van der Waals surface area contributed by atoms with Crippen LogP contribution in [0.4, 0.5) is 0 Å². The Labute approximate surface area is 191 Å². The van der Waals surface area contributed by atoms with Crippen molar-refractivity contribution in [2.45, 2.75) is 39.5 Å². The van der Waals surface area contributed by atoms with E-state index in [1.807, 2.05) is 61.5 Å². The Bertz CT molecular complexity index is 1280. The van der Waals surface area contributed by atoms with Crippen molar-refractivity contribution in [1.82, 2.24) is 14.6 Å². The van der Waals surface area contributed by atoms with Gasteiger partial charge in [0.15, 0.2) is 5.82 Å². The van der Waals surface area contributed by atoms with Gasteiger partial charge in [0.25, 0.3) is 5.56 Å². The third-order valence-electron chi connectivity index (χ3n) is 5.07. The van der Waals surface area contributed by atoms with Gasteiger partial charge in [-0.15, -0.1) is 5.10 Å². The van der Waals surface area contributed by atoms with Crippen molar-refractivity contribution in [1.29, 1.82) is 0 Å². The lowest BCUT2D eigenvalue weighted by Crippen LogP contribution is -2.23. The maximum Gasteiger partial charge on any atom is 0.291 e. The average molecular weight is 450 g/mol. The van der Waals surface area contributed by atoms with Crippen molar-refractivity contribution in [2.75, 3.05) is 13.2 Å². The molecule has 2 aromatic carbocycles. The van der Waals surface area contributed by atoms with Crippen LogP contribution in [0.5, 0.6) is 11.5 Å². The van der Waals surface area contributed by atoms with Crippen LogP contribution < -0.4 is 19.6 Å². The fraction of sp³-hybridized carbons (Fsp3) is 0.320. The Hall–Kier alpha value is -3.19. The molecule has 0 aliphatic heterocycles. The number of thiazole rings is 1. The summed E-state index contributed by atoms with van der Waals surface area (Å²) >= 11 is 1.32. The number of rotatable bonds is 10. The predicted octanol–water partition coefficient (Wildman–Crippen LogP) is 4.72. The highest BCUT2D eigenvalue weighted by atomic mass is 32.1. The van der Waals surface area contributed by atoms with Gasteiger partial charge in [-0.05, 0) is 49.8 Å². The van der Waals surface area contributed by atoms with E-state index in [1.54, 1.807) is 0 Å². The second-order valence-corrected chi connectivity index (χ2v) is 8.46. The van der Waals surface area contributed by atoms with Crippen molar-refractivity contribution in [2.24, 2.45) is 0 Å². The fourth-order valence-electron chi connectivity index (χ4n) is 3.40. The topological polar surface area (TPSA) is 65.7 Å². The molecule has 0 spiro atoms. The molecule has 0 fully saturated rings. The van der Waals surface area contributed by atoms with Crippen molar-refractivity contribution >= 4 is 22.4 Å². The second kappa shape index (κ2) is 10.4. The smallest absolute Gasteiger partial charge is 0.291 e. The van der Waals surface area contributed by atoms with E-state index in [-0.39, 0.29) is 5.56 Å². The SMILES string of the molecule is CCCCCCOc1ccc(-c2nc3sc(=Cc4ccccc4OCC)c(=O)n3n2)cc1. The summed E-state index contributed by atoms with van der Waals surface area (Å²) in [4.78, 5) is 18.0. The van der Waals surface area contributed by atoms with Crippen LogP contribution in [0, 0.1) is 0 Å². The lowest BCUT2D eigenvalue weighted by molar-refractivity contribution is 0.305. The first-order valence-corrected chi connectivity index (χ1v) is 11.9. The highest BCUT2D eigenvalue weighted by Gasteiger charge is 2.12. The molecule has 4 rings (SSSR count). The number of nitrogens with zero attached hydrogens (tertiary/aromatic N) is 3. The largest absolute Gasteiger partial charge is 0.494 e. The van der Waals surface area contributed by atoms with Crippen LogP contribution in [0.3, 0.4) is 0 Å². The Kier molecular flexibility index (Phi) is 7.17. The maximum absolute atomic E-state index is 12.9. The first-order chi connectivity index (χ1) is 15.7. The van der Waals surface area contributed by atoms with E-state index in [2.05, 4.69) is 17.0 Å². The molecule has 0 bridgehead atoms. The molecule has 0 atom stereocenters. The Morgan fingerprint density at radius 1 is 1.00 bits per heavy atom. The average Bonchev–Trinajstić information content (AvgIpc) is 3.35. The molecular formula is C25H27N3O3S. The molecule has 2 aromatic heterocycles. The number of benzene rings is 2. The number of ether oxygens (including phenoxy) is 2. The van der Waals surface area contributed by atoms with Crippen LogP contribution in [-0.4, -0.2) is 27.8 Å². The molecule has 4 aromatic rings. The van der Waals surface area contributed by atoms with Gasteiger partial charge in [-0.1, -0.05) is 55.7 Å². The number of para-hydroxylation sites is 1. The van der Waals surface area contributed by atoms with Crippen LogP contribution in [-0.2, 0) is 0 Å². The van der Waals surface area contributed by atoms with Gasteiger partial charge in [-0.25, -0.2) is 0 Å². The summed E-state index contributed by atoms with van der Waals surface area (Å²) in [6.07, 6.45) is 6.55. The molecule has 32 heavy (non-hydrogen) atoms. The summed E-state index contributed by atoms with van der Waals surface area (Å²) in [6.45, 7) is 5.43. The molecule has 0 radical (unpaired) electrons. The van der Waals surface area contributed by atoms with E-state index in [4.69, 9.17) is 9.47 Å². The van der Waals surface area contributed by atoms with Gasteiger partial charge in [0.2, 0.25) is 4.96 Å². The lowest BCUT2D eigenvalue weighted by atomic mass is 10.2. The molecule has 0 N–H and O–H groups in total. The summed E-state index contributed by atoms with van der Waals surface area (Å²) < 4.78 is 13.4. The Balaban J connectivity index is 1.53. The zero-order chi connectivity index (χ0) is 22.3. The highest BCUT2D eigenvalue weighted by Crippen LogP contribution is 2.21. The molecule has 7 heteroatoms. The molecule has 0 aliphatic rings. The summed E-state index contributed by atoms with van der Waals surface area (Å²) in [5, 5.41) is 4.44. The fourth-order valence-corrected chi connectivity index (χ4v) is 4.30. The van der Waals surface area contributed by atoms with Gasteiger partial charge >= 0.3 is 0 Å². The number of unbranched alkanes of at least 4 members (excludes halogenated alkanes) is 3. The number of hydrogen-bond acceptors (Lipinski definition) is 6. The molecule has 0 saturated heterocycles. The minimum Gasteiger partial charge on any atom is -0.494 e. The standard InChI is InChI=1S/C25H27N3O3S/c1-3-5-6-9-16-31-20-14-12-18(13-15-20)23-26-25-28(27-23)24(29)22(32-25)17-19-10-7-8-11-21(19)30-4-2/h7-8,10-15,17H,3-6,9,16H2,1-2H3. The van der Waals surface area contributed by atoms with Crippen molar-refractivity contribution in [3.63, 3.8) is 0 Å². The van der Waals surface area contributed by atoms with Gasteiger partial charge in [0.05, 0.1) is 17.7 Å². The summed E-state index contributed by atoms with van der Waals surface area (Å²) in [7, 11) is 0. The molecule has 0 saturated carbocycles. The van der Waals surface area contributed by atoms with Crippen LogP contribution >= 0.6 is 11.3 Å². The molecule has 166 valence electrons. The molecule has 0 amide bonds. The lowest BCUT2D eigenvalue weighted by Gasteiger charge is -2.06. The molecule has 0 aliphatic carbocycles. The third-order valence-corrected chi connectivity index (χ3v) is 6.03. The van der Waals surface area contributed by atoms with Gasteiger partial charge in [0.1, 0.15) is 11.5 Å². The van der Waals surface area contributed by atoms with Crippen LogP contribution in [0.15, 0.2) is 53.3 Å².